The number of carbonyl (C=O) groups is 1. The first-order valence-corrected chi connectivity index (χ1v) is 12.7. The lowest BCUT2D eigenvalue weighted by Gasteiger charge is -2.30. The largest absolute Gasteiger partial charge is 0.490 e. The predicted octanol–water partition coefficient (Wildman–Crippen LogP) is 5.38. The molecule has 0 radical (unpaired) electrons. The quantitative estimate of drug-likeness (QED) is 0.255. The molecule has 0 unspecified atom stereocenters. The molecule has 0 aliphatic carbocycles. The summed E-state index contributed by atoms with van der Waals surface area (Å²) in [6.45, 7) is 4.57. The Bertz CT molecular complexity index is 1450. The summed E-state index contributed by atoms with van der Waals surface area (Å²) in [6.07, 6.45) is 4.67. The van der Waals surface area contributed by atoms with Crippen LogP contribution in [0.15, 0.2) is 54.9 Å². The molecular formula is C29H30FN3O5. The zero-order chi connectivity index (χ0) is 26.6. The Hall–Kier alpha value is -3.95. The van der Waals surface area contributed by atoms with Gasteiger partial charge >= 0.3 is 0 Å². The number of ether oxygens (including phenoxy) is 3. The molecule has 0 spiro atoms. The van der Waals surface area contributed by atoms with Crippen LogP contribution >= 0.6 is 0 Å². The maximum atomic E-state index is 14.0. The Balaban J connectivity index is 1.47. The number of aliphatic hydroxyl groups excluding tert-OH is 1. The third-order valence-corrected chi connectivity index (χ3v) is 6.64. The summed E-state index contributed by atoms with van der Waals surface area (Å²) < 4.78 is 31.3. The maximum Gasteiger partial charge on any atom is 0.195 e. The second-order valence-corrected chi connectivity index (χ2v) is 9.25. The van der Waals surface area contributed by atoms with Crippen LogP contribution in [0.25, 0.3) is 11.0 Å². The number of hydrogen-bond acceptors (Lipinski definition) is 7. The van der Waals surface area contributed by atoms with Crippen molar-refractivity contribution in [1.82, 2.24) is 9.97 Å². The van der Waals surface area contributed by atoms with Crippen molar-refractivity contribution in [1.29, 1.82) is 0 Å². The molecule has 2 aromatic heterocycles. The fraction of sp³-hybridized carbons (Fsp3) is 0.310. The number of halogens is 1. The Kier molecular flexibility index (Phi) is 7.57. The molecule has 38 heavy (non-hydrogen) atoms. The number of nitrogens with zero attached hydrogens (tertiary/aromatic N) is 1. The summed E-state index contributed by atoms with van der Waals surface area (Å²) in [7, 11) is 0. The summed E-state index contributed by atoms with van der Waals surface area (Å²) in [5, 5.41) is 13.5. The lowest BCUT2D eigenvalue weighted by Crippen LogP contribution is -2.36. The molecule has 1 aliphatic heterocycles. The molecule has 5 rings (SSSR count). The highest BCUT2D eigenvalue weighted by Crippen LogP contribution is 2.37. The van der Waals surface area contributed by atoms with E-state index in [9.17, 15) is 14.3 Å². The van der Waals surface area contributed by atoms with Crippen molar-refractivity contribution >= 4 is 22.5 Å². The van der Waals surface area contributed by atoms with Crippen molar-refractivity contribution in [3.05, 3.63) is 77.4 Å². The molecule has 3 heterocycles. The third-order valence-electron chi connectivity index (χ3n) is 6.64. The van der Waals surface area contributed by atoms with Crippen molar-refractivity contribution < 1.29 is 28.5 Å². The summed E-state index contributed by atoms with van der Waals surface area (Å²) in [5.41, 5.74) is 2.87. The van der Waals surface area contributed by atoms with Gasteiger partial charge in [0, 0.05) is 17.8 Å². The van der Waals surface area contributed by atoms with Gasteiger partial charge in [0.25, 0.3) is 0 Å². The van der Waals surface area contributed by atoms with Gasteiger partial charge in [0.1, 0.15) is 11.4 Å². The minimum Gasteiger partial charge on any atom is -0.490 e. The number of hydrogen-bond donors (Lipinski definition) is 3. The molecule has 4 aromatic rings. The molecule has 8 nitrogen and oxygen atoms in total. The standard InChI is InChI=1S/C29H30FN3O5/c1-3-36-25-14-32-29-26(27(25)33-18-8-9-20(15-34)37-16-18)22(13-31-29)28(35)21-11-10-19(12-17(21)2)38-24-7-5-4-6-23(24)30/h4-7,10-14,18,20,34H,3,8-9,15-16H2,1-2H3,(H2,31,32,33)/t18-,20+/m1/s1. The topological polar surface area (TPSA) is 106 Å². The first-order chi connectivity index (χ1) is 18.5. The zero-order valence-corrected chi connectivity index (χ0v) is 21.3. The van der Waals surface area contributed by atoms with Crippen molar-refractivity contribution in [2.24, 2.45) is 0 Å². The van der Waals surface area contributed by atoms with Gasteiger partial charge in [0.05, 0.1) is 48.8 Å². The van der Waals surface area contributed by atoms with Gasteiger partial charge in [-0.3, -0.25) is 4.79 Å². The van der Waals surface area contributed by atoms with Gasteiger partial charge in [-0.2, -0.15) is 0 Å². The lowest BCUT2D eigenvalue weighted by molar-refractivity contribution is -0.0223. The van der Waals surface area contributed by atoms with E-state index in [1.54, 1.807) is 48.8 Å². The van der Waals surface area contributed by atoms with Crippen molar-refractivity contribution in [2.45, 2.75) is 38.8 Å². The number of aliphatic hydroxyl groups is 1. The van der Waals surface area contributed by atoms with E-state index in [-0.39, 0.29) is 30.3 Å². The number of aromatic nitrogens is 2. The van der Waals surface area contributed by atoms with Gasteiger partial charge in [0.15, 0.2) is 23.1 Å². The van der Waals surface area contributed by atoms with Crippen LogP contribution in [0.4, 0.5) is 10.1 Å². The fourth-order valence-electron chi connectivity index (χ4n) is 4.69. The van der Waals surface area contributed by atoms with Crippen molar-refractivity contribution in [3.8, 4) is 17.2 Å². The number of anilines is 1. The SMILES string of the molecule is CCOc1cnc2[nH]cc(C(=O)c3ccc(Oc4ccccc4F)cc3C)c2c1N[C@@H]1CC[C@@H](CO)OC1. The summed E-state index contributed by atoms with van der Waals surface area (Å²) in [6, 6.07) is 11.2. The number of ketones is 1. The van der Waals surface area contributed by atoms with Gasteiger partial charge < -0.3 is 29.6 Å². The fourth-order valence-corrected chi connectivity index (χ4v) is 4.69. The van der Waals surface area contributed by atoms with Crippen LogP contribution in [0.2, 0.25) is 0 Å². The number of carbonyl (C=O) groups excluding carboxylic acids is 1. The normalized spacial score (nSPS) is 17.4. The number of rotatable bonds is 9. The van der Waals surface area contributed by atoms with Crippen LogP contribution in [0, 0.1) is 12.7 Å². The van der Waals surface area contributed by atoms with Crippen molar-refractivity contribution in [3.63, 3.8) is 0 Å². The van der Waals surface area contributed by atoms with Crippen LogP contribution in [0.1, 0.15) is 41.3 Å². The molecule has 1 aliphatic rings. The van der Waals surface area contributed by atoms with E-state index in [4.69, 9.17) is 14.2 Å². The molecule has 3 N–H and O–H groups in total. The van der Waals surface area contributed by atoms with E-state index >= 15 is 0 Å². The number of aryl methyl sites for hydroxylation is 1. The molecule has 1 fully saturated rings. The monoisotopic (exact) mass is 519 g/mol. The Labute approximate surface area is 219 Å². The van der Waals surface area contributed by atoms with E-state index in [2.05, 4.69) is 15.3 Å². The first kappa shape index (κ1) is 25.7. The molecule has 2 aromatic carbocycles. The maximum absolute atomic E-state index is 14.0. The molecule has 0 bridgehead atoms. The third kappa shape index (κ3) is 5.20. The van der Waals surface area contributed by atoms with Gasteiger partial charge in [0.2, 0.25) is 0 Å². The minimum atomic E-state index is -0.461. The predicted molar refractivity (Wildman–Crippen MR) is 142 cm³/mol. The average molecular weight is 520 g/mol. The molecule has 9 heteroatoms. The Morgan fingerprint density at radius 3 is 2.76 bits per heavy atom. The van der Waals surface area contributed by atoms with E-state index in [0.29, 0.717) is 58.1 Å². The highest BCUT2D eigenvalue weighted by atomic mass is 19.1. The molecule has 1 saturated heterocycles. The molecule has 0 saturated carbocycles. The Morgan fingerprint density at radius 2 is 2.05 bits per heavy atom. The van der Waals surface area contributed by atoms with Crippen LogP contribution in [0.3, 0.4) is 0 Å². The van der Waals surface area contributed by atoms with Gasteiger partial charge in [-0.15, -0.1) is 0 Å². The Morgan fingerprint density at radius 1 is 1.21 bits per heavy atom. The second-order valence-electron chi connectivity index (χ2n) is 9.25. The highest BCUT2D eigenvalue weighted by Gasteiger charge is 2.26. The number of aromatic amines is 1. The molecule has 2 atom stereocenters. The minimum absolute atomic E-state index is 0.00362. The van der Waals surface area contributed by atoms with E-state index in [0.717, 1.165) is 12.8 Å². The summed E-state index contributed by atoms with van der Waals surface area (Å²) in [4.78, 5) is 21.4. The number of benzene rings is 2. The first-order valence-electron chi connectivity index (χ1n) is 12.7. The summed E-state index contributed by atoms with van der Waals surface area (Å²) >= 11 is 0. The molecular weight excluding hydrogens is 489 g/mol. The molecule has 0 amide bonds. The number of fused-ring (bicyclic) bond motifs is 1. The lowest BCUT2D eigenvalue weighted by atomic mass is 9.98. The smallest absolute Gasteiger partial charge is 0.195 e. The van der Waals surface area contributed by atoms with E-state index in [1.165, 1.54) is 6.07 Å². The van der Waals surface area contributed by atoms with Gasteiger partial charge in [-0.25, -0.2) is 9.37 Å². The van der Waals surface area contributed by atoms with Gasteiger partial charge in [-0.1, -0.05) is 12.1 Å². The average Bonchev–Trinajstić information content (AvgIpc) is 3.36. The second kappa shape index (κ2) is 11.2. The van der Waals surface area contributed by atoms with Crippen LogP contribution in [-0.2, 0) is 4.74 Å². The number of H-pyrrole nitrogens is 1. The zero-order valence-electron chi connectivity index (χ0n) is 21.3. The van der Waals surface area contributed by atoms with Gasteiger partial charge in [-0.05, 0) is 62.6 Å². The van der Waals surface area contributed by atoms with Crippen LogP contribution in [-0.4, -0.2) is 52.8 Å². The molecule has 198 valence electrons. The number of para-hydroxylation sites is 1. The number of pyridine rings is 1. The van der Waals surface area contributed by atoms with E-state index < -0.39 is 5.82 Å². The van der Waals surface area contributed by atoms with Crippen molar-refractivity contribution in [2.75, 3.05) is 25.1 Å². The van der Waals surface area contributed by atoms with Crippen LogP contribution in [0.5, 0.6) is 17.2 Å². The van der Waals surface area contributed by atoms with Crippen LogP contribution < -0.4 is 14.8 Å². The summed E-state index contributed by atoms with van der Waals surface area (Å²) in [5.74, 6) is 0.444. The number of nitrogens with one attached hydrogen (secondary N) is 2. The van der Waals surface area contributed by atoms with E-state index in [1.807, 2.05) is 13.8 Å². The highest BCUT2D eigenvalue weighted by molar-refractivity contribution is 6.19.